The van der Waals surface area contributed by atoms with Gasteiger partial charge in [-0.15, -0.1) is 0 Å². The lowest BCUT2D eigenvalue weighted by molar-refractivity contribution is -0.527. The first kappa shape index (κ1) is 33.4. The number of carbonyl (C=O) groups excluding carboxylic acids is 2. The fourth-order valence-corrected chi connectivity index (χ4v) is 6.65. The van der Waals surface area contributed by atoms with Crippen LogP contribution in [0.4, 0.5) is 5.69 Å². The second-order valence-electron chi connectivity index (χ2n) is 10.5. The molecule has 242 valence electrons. The topological polar surface area (TPSA) is 196 Å². The Kier molecular flexibility index (Phi) is 11.1. The number of nitro groups is 1. The number of hydrogen-bond acceptors (Lipinski definition) is 9. The van der Waals surface area contributed by atoms with Crippen LogP contribution in [-0.2, 0) is 36.5 Å². The third-order valence-electron chi connectivity index (χ3n) is 7.32. The van der Waals surface area contributed by atoms with Gasteiger partial charge in [0.15, 0.2) is 11.3 Å². The summed E-state index contributed by atoms with van der Waals surface area (Å²) in [6, 6.07) is 11.7. The number of anilines is 1. The monoisotopic (exact) mass is 643 g/mol. The summed E-state index contributed by atoms with van der Waals surface area (Å²) in [7, 11) is -2.45. The minimum Gasteiger partial charge on any atom is -0.497 e. The van der Waals surface area contributed by atoms with Crippen molar-refractivity contribution in [2.75, 3.05) is 31.7 Å². The minimum atomic E-state index is -3.96. The lowest BCUT2D eigenvalue weighted by Gasteiger charge is -2.41. The maximum Gasteiger partial charge on any atom is 0.256 e. The van der Waals surface area contributed by atoms with Crippen LogP contribution in [0.25, 0.3) is 0 Å². The van der Waals surface area contributed by atoms with E-state index in [2.05, 4.69) is 10.0 Å². The van der Waals surface area contributed by atoms with Gasteiger partial charge in [-0.25, -0.2) is 18.5 Å². The fourth-order valence-electron chi connectivity index (χ4n) is 5.37. The maximum absolute atomic E-state index is 14.0. The van der Waals surface area contributed by atoms with Gasteiger partial charge in [0, 0.05) is 18.8 Å². The molecule has 0 spiro atoms. The lowest BCUT2D eigenvalue weighted by atomic mass is 10.0. The second kappa shape index (κ2) is 15.0. The zero-order valence-corrected chi connectivity index (χ0v) is 25.8. The molecule has 1 saturated heterocycles. The van der Waals surface area contributed by atoms with Crippen LogP contribution >= 0.6 is 0 Å². The van der Waals surface area contributed by atoms with E-state index in [9.17, 15) is 28.1 Å². The number of carbonyl (C=O) groups is 2. The molecule has 0 radical (unpaired) electrons. The number of amides is 2. The Morgan fingerprint density at radius 1 is 1.20 bits per heavy atom. The van der Waals surface area contributed by atoms with Crippen LogP contribution in [0.5, 0.6) is 5.75 Å². The molecule has 4 N–H and O–H groups in total. The van der Waals surface area contributed by atoms with Crippen molar-refractivity contribution in [1.29, 1.82) is 5.41 Å². The third-order valence-corrected chi connectivity index (χ3v) is 8.64. The fraction of sp³-hybridized carbons (Fsp3) is 0.414. The van der Waals surface area contributed by atoms with Gasteiger partial charge in [-0.3, -0.25) is 15.0 Å². The number of hydrazine groups is 1. The SMILES string of the molecule is CCOC1[C@H](NC(=O)CN2C(=O)[C@@H](NS(=O)(=O)Cc3ccccc3)/C=C\Cc3cc(OC)ccc32)CCCN1C(=N)N[N+](=O)[O-]. The summed E-state index contributed by atoms with van der Waals surface area (Å²) in [5.41, 5.74) is 3.48. The molecular formula is C29H37N7O8S. The summed E-state index contributed by atoms with van der Waals surface area (Å²) in [4.78, 5) is 41.1. The highest BCUT2D eigenvalue weighted by molar-refractivity contribution is 7.88. The van der Waals surface area contributed by atoms with Gasteiger partial charge >= 0.3 is 0 Å². The standard InChI is InChI=1S/C29H37N7O8S/c1-3-44-28-24(13-8-16-34(28)29(30)32-36(39)40)31-26(37)18-35-25-15-14-22(43-2)17-21(25)11-7-12-23(27(35)38)33-45(41,42)19-20-9-5-4-6-10-20/h4-7,9-10,12,14-15,17,23-24,28,33H,3,8,11,13,16,18-19H2,1-2H3,(H2,30,32)(H,31,37)/b12-7-/t23-,24+,28?/m0/s1. The highest BCUT2D eigenvalue weighted by Crippen LogP contribution is 2.29. The average molecular weight is 644 g/mol. The van der Waals surface area contributed by atoms with E-state index in [4.69, 9.17) is 14.9 Å². The first-order valence-electron chi connectivity index (χ1n) is 14.4. The molecule has 1 unspecified atom stereocenters. The molecule has 2 aliphatic rings. The molecule has 0 aliphatic carbocycles. The van der Waals surface area contributed by atoms with E-state index >= 15 is 0 Å². The van der Waals surface area contributed by atoms with Crippen molar-refractivity contribution in [3.8, 4) is 5.75 Å². The Labute approximate surface area is 261 Å². The van der Waals surface area contributed by atoms with Crippen LogP contribution < -0.4 is 25.1 Å². The van der Waals surface area contributed by atoms with Crippen molar-refractivity contribution in [2.24, 2.45) is 0 Å². The number of methoxy groups -OCH3 is 1. The van der Waals surface area contributed by atoms with Crippen LogP contribution in [0.1, 0.15) is 30.9 Å². The van der Waals surface area contributed by atoms with Crippen molar-refractivity contribution < 1.29 is 32.5 Å². The first-order chi connectivity index (χ1) is 21.5. The Bertz CT molecular complexity index is 1540. The number of allylic oxidation sites excluding steroid dienone is 1. The smallest absolute Gasteiger partial charge is 0.256 e. The van der Waals surface area contributed by atoms with Gasteiger partial charge in [-0.2, -0.15) is 4.72 Å². The van der Waals surface area contributed by atoms with Gasteiger partial charge in [0.05, 0.1) is 18.9 Å². The second-order valence-corrected chi connectivity index (χ2v) is 12.2. The van der Waals surface area contributed by atoms with Crippen molar-refractivity contribution in [3.05, 3.63) is 81.9 Å². The number of rotatable bonds is 11. The highest BCUT2D eigenvalue weighted by Gasteiger charge is 2.37. The molecule has 0 bridgehead atoms. The molecular weight excluding hydrogens is 606 g/mol. The Morgan fingerprint density at radius 3 is 2.64 bits per heavy atom. The van der Waals surface area contributed by atoms with Gasteiger partial charge in [0.2, 0.25) is 21.8 Å². The largest absolute Gasteiger partial charge is 0.497 e. The van der Waals surface area contributed by atoms with E-state index in [-0.39, 0.29) is 12.4 Å². The first-order valence-corrected chi connectivity index (χ1v) is 16.0. The van der Waals surface area contributed by atoms with Crippen molar-refractivity contribution >= 4 is 33.5 Å². The molecule has 2 aromatic rings. The molecule has 0 aromatic heterocycles. The molecule has 16 heteroatoms. The quantitative estimate of drug-likeness (QED) is 0.0911. The average Bonchev–Trinajstić information content (AvgIpc) is 2.99. The molecule has 45 heavy (non-hydrogen) atoms. The van der Waals surface area contributed by atoms with E-state index in [1.165, 1.54) is 23.0 Å². The van der Waals surface area contributed by atoms with Crippen molar-refractivity contribution in [3.63, 3.8) is 0 Å². The number of sulfonamides is 1. The maximum atomic E-state index is 14.0. The number of guanidine groups is 1. The number of benzene rings is 2. The van der Waals surface area contributed by atoms with Gasteiger partial charge in [0.25, 0.3) is 5.96 Å². The molecule has 15 nitrogen and oxygen atoms in total. The lowest BCUT2D eigenvalue weighted by Crippen LogP contribution is -2.61. The van der Waals surface area contributed by atoms with Gasteiger partial charge in [-0.1, -0.05) is 47.9 Å². The molecule has 0 saturated carbocycles. The van der Waals surface area contributed by atoms with Crippen LogP contribution in [0.2, 0.25) is 0 Å². The minimum absolute atomic E-state index is 0.218. The summed E-state index contributed by atoms with van der Waals surface area (Å²) < 4.78 is 39.8. The van der Waals surface area contributed by atoms with Crippen LogP contribution in [0.15, 0.2) is 60.7 Å². The normalized spacial score (nSPS) is 20.8. The Balaban J connectivity index is 1.58. The Hall–Kier alpha value is -4.54. The number of likely N-dealkylation sites (tertiary alicyclic amines) is 1. The van der Waals surface area contributed by atoms with E-state index in [1.807, 2.05) is 5.43 Å². The summed E-state index contributed by atoms with van der Waals surface area (Å²) >= 11 is 0. The Morgan fingerprint density at radius 2 is 1.96 bits per heavy atom. The summed E-state index contributed by atoms with van der Waals surface area (Å²) in [6.45, 7) is 1.79. The zero-order valence-electron chi connectivity index (χ0n) is 25.0. The van der Waals surface area contributed by atoms with Crippen LogP contribution in [0.3, 0.4) is 0 Å². The number of fused-ring (bicyclic) bond motifs is 1. The van der Waals surface area contributed by atoms with Gasteiger partial charge in [0.1, 0.15) is 18.3 Å². The zero-order chi connectivity index (χ0) is 32.6. The van der Waals surface area contributed by atoms with Gasteiger partial charge in [-0.05, 0) is 55.5 Å². The third kappa shape index (κ3) is 8.77. The highest BCUT2D eigenvalue weighted by atomic mass is 32.2. The molecule has 2 aliphatic heterocycles. The summed E-state index contributed by atoms with van der Waals surface area (Å²) in [5.74, 6) is -1.49. The van der Waals surface area contributed by atoms with Crippen LogP contribution in [0, 0.1) is 15.5 Å². The molecule has 1 fully saturated rings. The molecule has 4 rings (SSSR count). The number of hydrogen-bond donors (Lipinski definition) is 4. The van der Waals surface area contributed by atoms with Crippen LogP contribution in [-0.4, -0.2) is 81.2 Å². The predicted molar refractivity (Wildman–Crippen MR) is 165 cm³/mol. The number of nitrogens with zero attached hydrogens (tertiary/aromatic N) is 3. The van der Waals surface area contributed by atoms with E-state index in [0.29, 0.717) is 48.4 Å². The van der Waals surface area contributed by atoms with E-state index in [0.717, 1.165) is 0 Å². The predicted octanol–water partition coefficient (Wildman–Crippen LogP) is 1.29. The van der Waals surface area contributed by atoms with Crippen molar-refractivity contribution in [1.82, 2.24) is 20.4 Å². The number of ether oxygens (including phenoxy) is 2. The number of piperidine rings is 1. The van der Waals surface area contributed by atoms with E-state index in [1.54, 1.807) is 61.5 Å². The summed E-state index contributed by atoms with van der Waals surface area (Å²) in [5, 5.41) is 21.1. The molecule has 2 heterocycles. The van der Waals surface area contributed by atoms with E-state index < -0.39 is 57.7 Å². The molecule has 3 atom stereocenters. The van der Waals surface area contributed by atoms with Crippen molar-refractivity contribution in [2.45, 2.75) is 50.3 Å². The van der Waals surface area contributed by atoms with Gasteiger partial charge < -0.3 is 24.6 Å². The summed E-state index contributed by atoms with van der Waals surface area (Å²) in [6.07, 6.45) is 3.61. The molecule has 2 amide bonds. The molecule has 2 aromatic carbocycles. The number of nitrogens with one attached hydrogen (secondary N) is 4.